The number of carbonyl (C=O) groups excluding carboxylic acids is 2. The molecule has 0 heterocycles. The van der Waals surface area contributed by atoms with Crippen LogP contribution in [0.25, 0.3) is 0 Å². The molecule has 0 aliphatic heterocycles. The van der Waals surface area contributed by atoms with Crippen molar-refractivity contribution in [3.05, 3.63) is 0 Å². The molecule has 0 aliphatic carbocycles. The minimum atomic E-state index is -0.779. The van der Waals surface area contributed by atoms with E-state index in [0.29, 0.717) is 57.2 Å². The first kappa shape index (κ1) is 33.6. The van der Waals surface area contributed by atoms with E-state index in [2.05, 4.69) is 20.6 Å². The van der Waals surface area contributed by atoms with Gasteiger partial charge in [0.2, 0.25) is 5.91 Å². The van der Waals surface area contributed by atoms with Crippen molar-refractivity contribution >= 4 is 23.7 Å². The summed E-state index contributed by atoms with van der Waals surface area (Å²) in [5, 5.41) is 5.77. The third-order valence-corrected chi connectivity index (χ3v) is 4.87. The predicted octanol–water partition coefficient (Wildman–Crippen LogP) is 2.86. The van der Waals surface area contributed by atoms with Crippen LogP contribution in [-0.2, 0) is 19.0 Å². The molecule has 210 valence electrons. The maximum Gasteiger partial charge on any atom is 0.408 e. The van der Waals surface area contributed by atoms with Gasteiger partial charge in [-0.05, 0) is 87.0 Å². The topological polar surface area (TPSA) is 163 Å². The first-order valence-corrected chi connectivity index (χ1v) is 13.0. The van der Waals surface area contributed by atoms with Crippen molar-refractivity contribution in [3.8, 4) is 0 Å². The van der Waals surface area contributed by atoms with Crippen LogP contribution in [0.1, 0.15) is 87.0 Å². The third kappa shape index (κ3) is 18.0. The van der Waals surface area contributed by atoms with E-state index in [1.807, 2.05) is 13.8 Å². The fourth-order valence-electron chi connectivity index (χ4n) is 3.33. The minimum Gasteiger partial charge on any atom is -0.444 e. The van der Waals surface area contributed by atoms with Crippen molar-refractivity contribution in [1.82, 2.24) is 10.6 Å². The SMILES string of the molecule is CCOC(OCC)C(CCCCN=C(C)N)NC(=O)C(CCCCN=C(C)N)NC(=O)OC(C)(C)C. The van der Waals surface area contributed by atoms with Gasteiger partial charge in [-0.2, -0.15) is 0 Å². The molecule has 0 rings (SSSR count). The molecule has 2 amide bonds. The summed E-state index contributed by atoms with van der Waals surface area (Å²) >= 11 is 0. The average Bonchev–Trinajstić information content (AvgIpc) is 2.75. The highest BCUT2D eigenvalue weighted by Gasteiger charge is 2.29. The van der Waals surface area contributed by atoms with E-state index in [1.165, 1.54) is 0 Å². The van der Waals surface area contributed by atoms with Crippen LogP contribution >= 0.6 is 0 Å². The number of carbonyl (C=O) groups is 2. The zero-order chi connectivity index (χ0) is 27.6. The molecular weight excluding hydrogens is 464 g/mol. The fraction of sp³-hybridized carbons (Fsp3) is 0.840. The maximum atomic E-state index is 13.3. The summed E-state index contributed by atoms with van der Waals surface area (Å²) in [4.78, 5) is 34.2. The van der Waals surface area contributed by atoms with Crippen molar-refractivity contribution in [1.29, 1.82) is 0 Å². The molecule has 0 aromatic carbocycles. The molecule has 11 heteroatoms. The molecule has 0 fully saturated rings. The summed E-state index contributed by atoms with van der Waals surface area (Å²) in [7, 11) is 0. The van der Waals surface area contributed by atoms with Crippen LogP contribution in [-0.4, -0.2) is 73.9 Å². The quantitative estimate of drug-likeness (QED) is 0.0945. The predicted molar refractivity (Wildman–Crippen MR) is 144 cm³/mol. The van der Waals surface area contributed by atoms with Gasteiger partial charge < -0.3 is 36.3 Å². The van der Waals surface area contributed by atoms with Crippen LogP contribution in [0, 0.1) is 0 Å². The lowest BCUT2D eigenvalue weighted by molar-refractivity contribution is -0.160. The molecule has 6 N–H and O–H groups in total. The molecule has 0 saturated carbocycles. The van der Waals surface area contributed by atoms with Gasteiger partial charge in [0.25, 0.3) is 0 Å². The Hall–Kier alpha value is -2.40. The number of ether oxygens (including phenoxy) is 3. The average molecular weight is 515 g/mol. The highest BCUT2D eigenvalue weighted by Crippen LogP contribution is 2.13. The van der Waals surface area contributed by atoms with Crippen molar-refractivity contribution in [2.24, 2.45) is 21.5 Å². The summed E-state index contributed by atoms with van der Waals surface area (Å²) in [6, 6.07) is -1.17. The Kier molecular flexibility index (Phi) is 17.6. The standard InChI is InChI=1S/C25H50N6O5/c1-8-34-23(35-9-2)21(15-11-13-17-29-19(4)27)30-22(32)20(14-10-12-16-28-18(3)26)31-24(33)36-25(5,6)7/h20-21,23H,8-17H2,1-7H3,(H2,26,28)(H2,27,29)(H,30,32)(H,31,33). The molecule has 0 radical (unpaired) electrons. The number of hydrogen-bond acceptors (Lipinski definition) is 7. The maximum absolute atomic E-state index is 13.3. The van der Waals surface area contributed by atoms with Gasteiger partial charge in [0.15, 0.2) is 6.29 Å². The van der Waals surface area contributed by atoms with Crippen LogP contribution in [0.5, 0.6) is 0 Å². The fourth-order valence-corrected chi connectivity index (χ4v) is 3.33. The number of nitrogens with one attached hydrogen (secondary N) is 2. The van der Waals surface area contributed by atoms with Crippen molar-refractivity contribution in [2.75, 3.05) is 26.3 Å². The van der Waals surface area contributed by atoms with Gasteiger partial charge >= 0.3 is 6.09 Å². The van der Waals surface area contributed by atoms with Gasteiger partial charge in [-0.1, -0.05) is 0 Å². The van der Waals surface area contributed by atoms with Crippen LogP contribution in [0.2, 0.25) is 0 Å². The Morgan fingerprint density at radius 3 is 1.78 bits per heavy atom. The summed E-state index contributed by atoms with van der Waals surface area (Å²) in [6.07, 6.45) is 2.81. The van der Waals surface area contributed by atoms with Crippen LogP contribution in [0.3, 0.4) is 0 Å². The van der Waals surface area contributed by atoms with Crippen molar-refractivity contribution < 1.29 is 23.8 Å². The second kappa shape index (κ2) is 18.8. The number of hydrogen-bond donors (Lipinski definition) is 4. The van der Waals surface area contributed by atoms with Crippen LogP contribution in [0.4, 0.5) is 4.79 Å². The molecule has 0 aromatic rings. The minimum absolute atomic E-state index is 0.315. The van der Waals surface area contributed by atoms with E-state index in [-0.39, 0.29) is 5.91 Å². The molecule has 36 heavy (non-hydrogen) atoms. The largest absolute Gasteiger partial charge is 0.444 e. The van der Waals surface area contributed by atoms with Crippen molar-refractivity contribution in [3.63, 3.8) is 0 Å². The van der Waals surface area contributed by atoms with E-state index < -0.39 is 30.1 Å². The number of nitrogens with zero attached hydrogens (tertiary/aromatic N) is 2. The smallest absolute Gasteiger partial charge is 0.408 e. The number of amides is 2. The third-order valence-electron chi connectivity index (χ3n) is 4.87. The highest BCUT2D eigenvalue weighted by molar-refractivity contribution is 5.86. The highest BCUT2D eigenvalue weighted by atomic mass is 16.7. The van der Waals surface area contributed by atoms with Gasteiger partial charge in [0.1, 0.15) is 11.6 Å². The lowest BCUT2D eigenvalue weighted by Crippen LogP contribution is -2.54. The van der Waals surface area contributed by atoms with Gasteiger partial charge in [0.05, 0.1) is 17.7 Å². The number of rotatable bonds is 18. The lowest BCUT2D eigenvalue weighted by atomic mass is 10.1. The summed E-state index contributed by atoms with van der Waals surface area (Å²) in [5.74, 6) is 0.749. The van der Waals surface area contributed by atoms with Crippen LogP contribution in [0.15, 0.2) is 9.98 Å². The lowest BCUT2D eigenvalue weighted by Gasteiger charge is -2.30. The van der Waals surface area contributed by atoms with E-state index >= 15 is 0 Å². The summed E-state index contributed by atoms with van der Waals surface area (Å²) in [6.45, 7) is 14.6. The summed E-state index contributed by atoms with van der Waals surface area (Å²) < 4.78 is 16.9. The second-order valence-corrected chi connectivity index (χ2v) is 9.63. The number of aliphatic imine (C=N–C) groups is 2. The molecule has 11 nitrogen and oxygen atoms in total. The Bertz CT molecular complexity index is 679. The molecule has 2 unspecified atom stereocenters. The normalized spacial score (nSPS) is 14.4. The first-order valence-electron chi connectivity index (χ1n) is 13.0. The van der Waals surface area contributed by atoms with Crippen molar-refractivity contribution in [2.45, 2.75) is 111 Å². The van der Waals surface area contributed by atoms with Crippen LogP contribution < -0.4 is 22.1 Å². The zero-order valence-corrected chi connectivity index (χ0v) is 23.4. The van der Waals surface area contributed by atoms with Gasteiger partial charge in [-0.3, -0.25) is 14.8 Å². The van der Waals surface area contributed by atoms with E-state index in [4.69, 9.17) is 25.7 Å². The molecule has 0 spiro atoms. The molecule has 0 bridgehead atoms. The second-order valence-electron chi connectivity index (χ2n) is 9.63. The molecule has 0 aromatic heterocycles. The Labute approximate surface area is 217 Å². The van der Waals surface area contributed by atoms with E-state index in [1.54, 1.807) is 34.6 Å². The van der Waals surface area contributed by atoms with Gasteiger partial charge in [-0.15, -0.1) is 0 Å². The number of alkyl carbamates (subject to hydrolysis) is 1. The zero-order valence-electron chi connectivity index (χ0n) is 23.4. The Morgan fingerprint density at radius 1 is 0.833 bits per heavy atom. The van der Waals surface area contributed by atoms with E-state index in [0.717, 1.165) is 19.3 Å². The number of unbranched alkanes of at least 4 members (excludes halogenated alkanes) is 2. The first-order chi connectivity index (χ1) is 16.9. The monoisotopic (exact) mass is 514 g/mol. The molecule has 0 saturated heterocycles. The molecular formula is C25H50N6O5. The van der Waals surface area contributed by atoms with Gasteiger partial charge in [-0.25, -0.2) is 4.79 Å². The van der Waals surface area contributed by atoms with E-state index in [9.17, 15) is 9.59 Å². The number of nitrogens with two attached hydrogens (primary N) is 2. The number of amidine groups is 2. The Morgan fingerprint density at radius 2 is 1.33 bits per heavy atom. The summed E-state index contributed by atoms with van der Waals surface area (Å²) in [5.41, 5.74) is 10.5. The Balaban J connectivity index is 5.41. The molecule has 0 aliphatic rings. The van der Waals surface area contributed by atoms with Gasteiger partial charge in [0, 0.05) is 26.3 Å². The molecule has 2 atom stereocenters.